The number of hydrogen-bond acceptors (Lipinski definition) is 8. The monoisotopic (exact) mass is 475 g/mol. The van der Waals surface area contributed by atoms with E-state index in [4.69, 9.17) is 26.3 Å². The Balaban J connectivity index is 0.000000158. The minimum Gasteiger partial charge on any atom is -0.477 e. The van der Waals surface area contributed by atoms with Gasteiger partial charge in [0.25, 0.3) is 0 Å². The summed E-state index contributed by atoms with van der Waals surface area (Å²) in [5, 5.41) is 8.45. The highest BCUT2D eigenvalue weighted by atomic mass is 32.2. The summed E-state index contributed by atoms with van der Waals surface area (Å²) < 4.78 is 20.7. The van der Waals surface area contributed by atoms with Crippen molar-refractivity contribution in [3.05, 3.63) is 33.6 Å². The van der Waals surface area contributed by atoms with Crippen LogP contribution in [0.4, 0.5) is 5.69 Å². The zero-order valence-corrected chi connectivity index (χ0v) is 19.8. The van der Waals surface area contributed by atoms with Gasteiger partial charge in [0, 0.05) is 36.8 Å². The van der Waals surface area contributed by atoms with Gasteiger partial charge in [0.1, 0.15) is 14.8 Å². The molecular weight excluding hydrogens is 442 g/mol. The quantitative estimate of drug-likeness (QED) is 0.460. The first-order chi connectivity index (χ1) is 15.9. The van der Waals surface area contributed by atoms with Crippen LogP contribution in [0.15, 0.2) is 20.5 Å². The van der Waals surface area contributed by atoms with Crippen molar-refractivity contribution in [2.24, 2.45) is 31.9 Å². The van der Waals surface area contributed by atoms with Gasteiger partial charge in [0.2, 0.25) is 12.3 Å². The van der Waals surface area contributed by atoms with Crippen molar-refractivity contribution in [3.8, 4) is 0 Å². The van der Waals surface area contributed by atoms with Gasteiger partial charge < -0.3 is 21.5 Å². The molecule has 7 N–H and O–H groups in total. The van der Waals surface area contributed by atoms with Gasteiger partial charge in [0.05, 0.1) is 24.5 Å². The molecule has 2 heterocycles. The Kier molecular flexibility index (Phi) is 6.73. The molecule has 1 fully saturated rings. The van der Waals surface area contributed by atoms with E-state index in [9.17, 15) is 9.00 Å². The average Bonchev–Trinajstić information content (AvgIpc) is 3.30. The van der Waals surface area contributed by atoms with Gasteiger partial charge >= 0.3 is 0 Å². The number of aliphatic imine (C=N–C) groups is 1. The molecule has 180 valence electrons. The lowest BCUT2D eigenvalue weighted by Gasteiger charge is -2.22. The Morgan fingerprint density at radius 2 is 2.09 bits per heavy atom. The van der Waals surface area contributed by atoms with E-state index >= 15 is 0 Å². The van der Waals surface area contributed by atoms with E-state index in [1.807, 2.05) is 0 Å². The summed E-state index contributed by atoms with van der Waals surface area (Å²) in [6, 6.07) is 0. The second-order valence-corrected chi connectivity index (χ2v) is 10.9. The second-order valence-electron chi connectivity index (χ2n) is 8.98. The highest BCUT2D eigenvalue weighted by molar-refractivity contribution is 7.96. The van der Waals surface area contributed by atoms with Crippen LogP contribution in [0.25, 0.3) is 0 Å². The number of fused-ring (bicyclic) bond motifs is 3. The third-order valence-corrected chi connectivity index (χ3v) is 8.45. The summed E-state index contributed by atoms with van der Waals surface area (Å²) in [7, 11) is -1.65. The molecule has 1 saturated carbocycles. The van der Waals surface area contributed by atoms with E-state index in [-0.39, 0.29) is 16.7 Å². The van der Waals surface area contributed by atoms with Crippen LogP contribution >= 0.6 is 0 Å². The van der Waals surface area contributed by atoms with Gasteiger partial charge in [-0.1, -0.05) is 0 Å². The Morgan fingerprint density at radius 1 is 1.30 bits per heavy atom. The third kappa shape index (κ3) is 4.49. The lowest BCUT2D eigenvalue weighted by atomic mass is 10.0. The molecule has 0 aromatic carbocycles. The van der Waals surface area contributed by atoms with Crippen LogP contribution in [0.2, 0.25) is 0 Å². The normalized spacial score (nSPS) is 23.8. The summed E-state index contributed by atoms with van der Waals surface area (Å²) >= 11 is 0. The number of carbonyl (C=O) groups excluding carboxylic acids is 1. The largest absolute Gasteiger partial charge is 0.477 e. The Bertz CT molecular complexity index is 1120. The van der Waals surface area contributed by atoms with E-state index in [1.165, 1.54) is 55.2 Å². The predicted octanol–water partition coefficient (Wildman–Crippen LogP) is 0.878. The molecule has 1 aromatic heterocycles. The number of aryl methyl sites for hydroxylation is 1. The molecule has 5 rings (SSSR count). The van der Waals surface area contributed by atoms with Crippen LogP contribution in [-0.2, 0) is 44.1 Å². The van der Waals surface area contributed by atoms with E-state index in [1.54, 1.807) is 0 Å². The number of aromatic nitrogens is 1. The fourth-order valence-corrected chi connectivity index (χ4v) is 5.62. The Labute approximate surface area is 194 Å². The van der Waals surface area contributed by atoms with E-state index < -0.39 is 9.92 Å². The molecule has 1 amide bonds. The molecule has 1 aromatic rings. The number of amides is 1. The first-order valence-corrected chi connectivity index (χ1v) is 12.9. The smallest absolute Gasteiger partial charge is 0.229 e. The van der Waals surface area contributed by atoms with E-state index in [0.29, 0.717) is 25.1 Å². The SMILES string of the molecule is CN=S(N)(=O)/C(=C/N)C1=NCC(CN)CO1.O=CNc1c2c(nc3c1CCC31CC1)CCC2. The van der Waals surface area contributed by atoms with Gasteiger partial charge in [0.15, 0.2) is 0 Å². The van der Waals surface area contributed by atoms with Crippen molar-refractivity contribution in [2.75, 3.05) is 32.1 Å². The summed E-state index contributed by atoms with van der Waals surface area (Å²) in [6.07, 6.45) is 10.2. The van der Waals surface area contributed by atoms with Crippen molar-refractivity contribution in [3.63, 3.8) is 0 Å². The zero-order valence-electron chi connectivity index (χ0n) is 19.0. The molecule has 4 aliphatic rings. The maximum absolute atomic E-state index is 11.8. The molecule has 10 nitrogen and oxygen atoms in total. The summed E-state index contributed by atoms with van der Waals surface area (Å²) in [5.41, 5.74) is 17.6. The van der Waals surface area contributed by atoms with Crippen LogP contribution < -0.4 is 21.9 Å². The van der Waals surface area contributed by atoms with Crippen LogP contribution in [0, 0.1) is 5.92 Å². The average molecular weight is 476 g/mol. The fourth-order valence-electron chi connectivity index (χ4n) is 4.85. The van der Waals surface area contributed by atoms with E-state index in [2.05, 4.69) is 14.7 Å². The van der Waals surface area contributed by atoms with Gasteiger partial charge in [-0.3, -0.25) is 14.8 Å². The number of nitrogens with one attached hydrogen (secondary N) is 1. The maximum Gasteiger partial charge on any atom is 0.229 e. The van der Waals surface area contributed by atoms with E-state index in [0.717, 1.165) is 37.6 Å². The topological polar surface area (TPSA) is 171 Å². The molecule has 3 aliphatic carbocycles. The summed E-state index contributed by atoms with van der Waals surface area (Å²) in [4.78, 5) is 20.0. The molecular formula is C22H33N7O3S. The third-order valence-electron chi connectivity index (χ3n) is 6.97. The molecule has 11 heteroatoms. The molecule has 2 unspecified atom stereocenters. The number of pyridine rings is 1. The lowest BCUT2D eigenvalue weighted by Crippen LogP contribution is -2.32. The number of hydrogen-bond donors (Lipinski definition) is 4. The van der Waals surface area contributed by atoms with Crippen LogP contribution in [0.1, 0.15) is 48.2 Å². The molecule has 0 radical (unpaired) electrons. The fraction of sp³-hybridized carbons (Fsp3) is 0.591. The first-order valence-electron chi connectivity index (χ1n) is 11.4. The highest BCUT2D eigenvalue weighted by Crippen LogP contribution is 2.58. The number of nitrogens with zero attached hydrogens (tertiary/aromatic N) is 3. The number of carbonyl (C=O) groups is 1. The minimum absolute atomic E-state index is 0.130. The van der Waals surface area contributed by atoms with Crippen LogP contribution in [0.5, 0.6) is 0 Å². The van der Waals surface area contributed by atoms with Crippen LogP contribution in [0.3, 0.4) is 0 Å². The molecule has 1 spiro atoms. The number of anilines is 1. The van der Waals surface area contributed by atoms with Crippen molar-refractivity contribution in [2.45, 2.75) is 50.4 Å². The van der Waals surface area contributed by atoms with Gasteiger partial charge in [-0.05, 0) is 56.1 Å². The Hall–Kier alpha value is -2.50. The number of nitrogens with two attached hydrogens (primary N) is 3. The Morgan fingerprint density at radius 3 is 2.67 bits per heavy atom. The maximum atomic E-state index is 11.8. The lowest BCUT2D eigenvalue weighted by molar-refractivity contribution is -0.105. The minimum atomic E-state index is -3.01. The molecule has 33 heavy (non-hydrogen) atoms. The summed E-state index contributed by atoms with van der Waals surface area (Å²) in [6.45, 7) is 1.43. The van der Waals surface area contributed by atoms with Gasteiger partial charge in [-0.15, -0.1) is 0 Å². The summed E-state index contributed by atoms with van der Waals surface area (Å²) in [5.74, 6) is 0.375. The highest BCUT2D eigenvalue weighted by Gasteiger charge is 2.51. The first kappa shape index (κ1) is 23.7. The number of ether oxygens (including phenoxy) is 1. The zero-order chi connectivity index (χ0) is 23.6. The van der Waals surface area contributed by atoms with Crippen molar-refractivity contribution < 1.29 is 13.7 Å². The van der Waals surface area contributed by atoms with Crippen molar-refractivity contribution in [1.29, 1.82) is 0 Å². The van der Waals surface area contributed by atoms with Crippen LogP contribution in [-0.4, -0.2) is 48.2 Å². The molecule has 0 saturated heterocycles. The second kappa shape index (κ2) is 9.40. The standard InChI is InChI=1S/C14H16N2O.C8H17N5O2S/c17-8-15-12-9-2-1-3-11(9)16-13-10(12)4-5-14(13)6-7-14;1-12-16(11,14)7(3-10)8-13-4-6(2-9)5-15-8/h8H,1-7H2,(H,15,16,17);3,6H,2,4-5,9-10H2,1H3,(H2,11,12,14)/b;7-3+. The molecule has 0 bridgehead atoms. The molecule has 1 aliphatic heterocycles. The number of rotatable bonds is 5. The predicted molar refractivity (Wildman–Crippen MR) is 129 cm³/mol. The van der Waals surface area contributed by atoms with Crippen molar-refractivity contribution in [1.82, 2.24) is 4.98 Å². The van der Waals surface area contributed by atoms with Gasteiger partial charge in [-0.2, -0.15) is 0 Å². The van der Waals surface area contributed by atoms with Gasteiger partial charge in [-0.25, -0.2) is 13.7 Å². The van der Waals surface area contributed by atoms with Crippen molar-refractivity contribution >= 4 is 27.9 Å². The molecule has 2 atom stereocenters.